The van der Waals surface area contributed by atoms with Crippen LogP contribution in [0.1, 0.15) is 51.0 Å². The van der Waals surface area contributed by atoms with Gasteiger partial charge in [0.25, 0.3) is 0 Å². The van der Waals surface area contributed by atoms with Crippen molar-refractivity contribution in [2.24, 2.45) is 5.92 Å². The van der Waals surface area contributed by atoms with E-state index in [9.17, 15) is 0 Å². The Balaban J connectivity index is 1.89. The second-order valence-corrected chi connectivity index (χ2v) is 6.05. The number of benzene rings is 1. The van der Waals surface area contributed by atoms with Crippen LogP contribution < -0.4 is 10.1 Å². The van der Waals surface area contributed by atoms with E-state index in [4.69, 9.17) is 4.74 Å². The Morgan fingerprint density at radius 1 is 1.15 bits per heavy atom. The quantitative estimate of drug-likeness (QED) is 0.806. The first-order chi connectivity index (χ1) is 9.81. The van der Waals surface area contributed by atoms with Crippen molar-refractivity contribution in [2.45, 2.75) is 57.9 Å². The molecule has 1 aromatic rings. The molecule has 2 heteroatoms. The van der Waals surface area contributed by atoms with Crippen LogP contribution in [-0.4, -0.2) is 19.7 Å². The highest BCUT2D eigenvalue weighted by molar-refractivity contribution is 5.27. The fourth-order valence-electron chi connectivity index (χ4n) is 3.40. The van der Waals surface area contributed by atoms with Gasteiger partial charge in [0, 0.05) is 6.04 Å². The van der Waals surface area contributed by atoms with Crippen molar-refractivity contribution in [3.63, 3.8) is 0 Å². The number of methoxy groups -OCH3 is 1. The standard InChI is InChI=1S/C18H29NO/c1-3-19-17(13-15-7-5-4-6-8-15)14-16-9-11-18(20-2)12-10-16/h9-12,15,17,19H,3-8,13-14H2,1-2H3. The van der Waals surface area contributed by atoms with Crippen molar-refractivity contribution in [3.8, 4) is 5.75 Å². The van der Waals surface area contributed by atoms with Gasteiger partial charge < -0.3 is 10.1 Å². The van der Waals surface area contributed by atoms with E-state index in [0.29, 0.717) is 6.04 Å². The molecule has 1 aliphatic rings. The molecule has 0 amide bonds. The lowest BCUT2D eigenvalue weighted by molar-refractivity contribution is 0.298. The summed E-state index contributed by atoms with van der Waals surface area (Å²) in [5.74, 6) is 1.88. The van der Waals surface area contributed by atoms with Crippen molar-refractivity contribution < 1.29 is 4.74 Å². The summed E-state index contributed by atoms with van der Waals surface area (Å²) in [5, 5.41) is 3.68. The largest absolute Gasteiger partial charge is 0.497 e. The number of nitrogens with one attached hydrogen (secondary N) is 1. The first-order valence-electron chi connectivity index (χ1n) is 8.18. The molecule has 1 unspecified atom stereocenters. The summed E-state index contributed by atoms with van der Waals surface area (Å²) in [6.45, 7) is 3.27. The van der Waals surface area contributed by atoms with Gasteiger partial charge in [0.05, 0.1) is 7.11 Å². The molecule has 0 aliphatic heterocycles. The van der Waals surface area contributed by atoms with Crippen LogP contribution in [0.2, 0.25) is 0 Å². The van der Waals surface area contributed by atoms with Crippen LogP contribution in [0.15, 0.2) is 24.3 Å². The van der Waals surface area contributed by atoms with Gasteiger partial charge in [-0.1, -0.05) is 51.2 Å². The topological polar surface area (TPSA) is 21.3 Å². The maximum absolute atomic E-state index is 5.23. The highest BCUT2D eigenvalue weighted by Crippen LogP contribution is 2.28. The van der Waals surface area contributed by atoms with Gasteiger partial charge in [-0.05, 0) is 43.0 Å². The molecular formula is C18H29NO. The second-order valence-electron chi connectivity index (χ2n) is 6.05. The van der Waals surface area contributed by atoms with Crippen LogP contribution in [0.4, 0.5) is 0 Å². The van der Waals surface area contributed by atoms with E-state index in [0.717, 1.165) is 24.6 Å². The number of hydrogen-bond acceptors (Lipinski definition) is 2. The third-order valence-corrected chi connectivity index (χ3v) is 4.48. The van der Waals surface area contributed by atoms with E-state index >= 15 is 0 Å². The summed E-state index contributed by atoms with van der Waals surface area (Å²) >= 11 is 0. The zero-order chi connectivity index (χ0) is 14.2. The highest BCUT2D eigenvalue weighted by Gasteiger charge is 2.18. The predicted molar refractivity (Wildman–Crippen MR) is 85.4 cm³/mol. The van der Waals surface area contributed by atoms with E-state index in [1.807, 2.05) is 0 Å². The summed E-state index contributed by atoms with van der Waals surface area (Å²) in [6, 6.07) is 9.16. The van der Waals surface area contributed by atoms with Gasteiger partial charge in [-0.15, -0.1) is 0 Å². The Labute approximate surface area is 123 Å². The molecule has 1 saturated carbocycles. The summed E-state index contributed by atoms with van der Waals surface area (Å²) in [5.41, 5.74) is 1.41. The SMILES string of the molecule is CCNC(Cc1ccc(OC)cc1)CC1CCCCC1. The molecule has 112 valence electrons. The van der Waals surface area contributed by atoms with E-state index in [-0.39, 0.29) is 0 Å². The fraction of sp³-hybridized carbons (Fsp3) is 0.667. The third-order valence-electron chi connectivity index (χ3n) is 4.48. The molecular weight excluding hydrogens is 246 g/mol. The summed E-state index contributed by atoms with van der Waals surface area (Å²) in [4.78, 5) is 0. The van der Waals surface area contributed by atoms with Crippen LogP contribution in [0.25, 0.3) is 0 Å². The number of ether oxygens (including phenoxy) is 1. The molecule has 0 bridgehead atoms. The minimum atomic E-state index is 0.622. The molecule has 20 heavy (non-hydrogen) atoms. The van der Waals surface area contributed by atoms with Gasteiger partial charge in [-0.3, -0.25) is 0 Å². The molecule has 0 heterocycles. The first-order valence-corrected chi connectivity index (χ1v) is 8.18. The molecule has 0 spiro atoms. The number of rotatable bonds is 7. The molecule has 1 atom stereocenters. The number of likely N-dealkylation sites (N-methyl/N-ethyl adjacent to an activating group) is 1. The van der Waals surface area contributed by atoms with Crippen molar-refractivity contribution in [2.75, 3.05) is 13.7 Å². The lowest BCUT2D eigenvalue weighted by atomic mass is 9.83. The Hall–Kier alpha value is -1.02. The average Bonchev–Trinajstić information content (AvgIpc) is 2.49. The van der Waals surface area contributed by atoms with Gasteiger partial charge >= 0.3 is 0 Å². The Kier molecular flexibility index (Phi) is 6.38. The molecule has 1 N–H and O–H groups in total. The van der Waals surface area contributed by atoms with E-state index in [2.05, 4.69) is 36.5 Å². The van der Waals surface area contributed by atoms with Gasteiger partial charge in [-0.2, -0.15) is 0 Å². The molecule has 0 aromatic heterocycles. The van der Waals surface area contributed by atoms with Crippen molar-refractivity contribution in [1.29, 1.82) is 0 Å². The zero-order valence-electron chi connectivity index (χ0n) is 13.0. The third kappa shape index (κ3) is 4.82. The fourth-order valence-corrected chi connectivity index (χ4v) is 3.40. The Morgan fingerprint density at radius 3 is 2.45 bits per heavy atom. The van der Waals surface area contributed by atoms with Crippen molar-refractivity contribution in [3.05, 3.63) is 29.8 Å². The molecule has 0 radical (unpaired) electrons. The molecule has 1 aromatic carbocycles. The normalized spacial score (nSPS) is 17.9. The summed E-state index contributed by atoms with van der Waals surface area (Å²) in [7, 11) is 1.72. The Bertz CT molecular complexity index is 368. The van der Waals surface area contributed by atoms with Crippen LogP contribution in [0.3, 0.4) is 0 Å². The zero-order valence-corrected chi connectivity index (χ0v) is 13.0. The lowest BCUT2D eigenvalue weighted by Crippen LogP contribution is -2.33. The van der Waals surface area contributed by atoms with Crippen LogP contribution in [-0.2, 0) is 6.42 Å². The first kappa shape index (κ1) is 15.4. The lowest BCUT2D eigenvalue weighted by Gasteiger charge is -2.27. The molecule has 1 aliphatic carbocycles. The molecule has 2 nitrogen and oxygen atoms in total. The van der Waals surface area contributed by atoms with Gasteiger partial charge in [0.1, 0.15) is 5.75 Å². The maximum atomic E-state index is 5.23. The average molecular weight is 275 g/mol. The van der Waals surface area contributed by atoms with Gasteiger partial charge in [0.15, 0.2) is 0 Å². The summed E-state index contributed by atoms with van der Waals surface area (Å²) < 4.78 is 5.23. The van der Waals surface area contributed by atoms with Crippen molar-refractivity contribution >= 4 is 0 Å². The Morgan fingerprint density at radius 2 is 1.85 bits per heavy atom. The van der Waals surface area contributed by atoms with Gasteiger partial charge in [0.2, 0.25) is 0 Å². The minimum absolute atomic E-state index is 0.622. The van der Waals surface area contributed by atoms with Crippen LogP contribution in [0.5, 0.6) is 5.75 Å². The molecule has 0 saturated heterocycles. The van der Waals surface area contributed by atoms with Crippen molar-refractivity contribution in [1.82, 2.24) is 5.32 Å². The van der Waals surface area contributed by atoms with Crippen LogP contribution in [0, 0.1) is 5.92 Å². The second kappa shape index (κ2) is 8.31. The smallest absolute Gasteiger partial charge is 0.118 e. The monoisotopic (exact) mass is 275 g/mol. The summed E-state index contributed by atoms with van der Waals surface area (Å²) in [6.07, 6.45) is 9.65. The van der Waals surface area contributed by atoms with E-state index < -0.39 is 0 Å². The van der Waals surface area contributed by atoms with E-state index in [1.54, 1.807) is 7.11 Å². The highest BCUT2D eigenvalue weighted by atomic mass is 16.5. The predicted octanol–water partition coefficient (Wildman–Crippen LogP) is 4.19. The molecule has 2 rings (SSSR count). The van der Waals surface area contributed by atoms with Crippen LogP contribution >= 0.6 is 0 Å². The van der Waals surface area contributed by atoms with Gasteiger partial charge in [-0.25, -0.2) is 0 Å². The maximum Gasteiger partial charge on any atom is 0.118 e. The minimum Gasteiger partial charge on any atom is -0.497 e. The molecule has 1 fully saturated rings. The number of hydrogen-bond donors (Lipinski definition) is 1. The van der Waals surface area contributed by atoms with E-state index in [1.165, 1.54) is 44.1 Å².